The molecule has 1 aromatic carbocycles. The van der Waals surface area contributed by atoms with Gasteiger partial charge in [0.25, 0.3) is 0 Å². The van der Waals surface area contributed by atoms with Crippen LogP contribution in [0.5, 0.6) is 0 Å². The van der Waals surface area contributed by atoms with E-state index in [0.29, 0.717) is 0 Å². The lowest BCUT2D eigenvalue weighted by Crippen LogP contribution is -2.16. The normalized spacial score (nSPS) is 13.7. The summed E-state index contributed by atoms with van der Waals surface area (Å²) in [4.78, 5) is -1.92. The average Bonchev–Trinajstić information content (AvgIpc) is 2.14. The van der Waals surface area contributed by atoms with E-state index >= 15 is 0 Å². The lowest BCUT2D eigenvalue weighted by Gasteiger charge is -2.19. The van der Waals surface area contributed by atoms with Crippen LogP contribution in [-0.4, -0.2) is 5.51 Å². The topological polar surface area (TPSA) is 0 Å². The van der Waals surface area contributed by atoms with Gasteiger partial charge in [0.2, 0.25) is 0 Å². The standard InChI is InChI=1S/C9H2BrF9S/c10-3-1-4(7(11,12)13)6(20-9(17,18)19)5(2-3)8(14,15)16/h1-2H. The Bertz CT molecular complexity index is 465. The molecule has 0 aliphatic rings. The average molecular weight is 393 g/mol. The van der Waals surface area contributed by atoms with Crippen molar-refractivity contribution in [1.82, 2.24) is 0 Å². The summed E-state index contributed by atoms with van der Waals surface area (Å²) in [5.41, 5.74) is -9.28. The molecule has 0 spiro atoms. The van der Waals surface area contributed by atoms with Gasteiger partial charge in [0.05, 0.1) is 11.1 Å². The van der Waals surface area contributed by atoms with Gasteiger partial charge < -0.3 is 0 Å². The summed E-state index contributed by atoms with van der Waals surface area (Å²) >= 11 is 0.977. The lowest BCUT2D eigenvalue weighted by atomic mass is 10.1. The molecule has 0 atom stereocenters. The summed E-state index contributed by atoms with van der Waals surface area (Å²) in [6, 6.07) is 0.340. The minimum absolute atomic E-state index is 0.170. The molecule has 0 N–H and O–H groups in total. The molecule has 114 valence electrons. The quantitative estimate of drug-likeness (QED) is 0.411. The van der Waals surface area contributed by atoms with Crippen LogP contribution < -0.4 is 0 Å². The fourth-order valence-electron chi connectivity index (χ4n) is 1.24. The van der Waals surface area contributed by atoms with Gasteiger partial charge in [-0.1, -0.05) is 15.9 Å². The Hall–Kier alpha value is -0.580. The van der Waals surface area contributed by atoms with Crippen molar-refractivity contribution in [1.29, 1.82) is 0 Å². The van der Waals surface area contributed by atoms with E-state index in [1.54, 1.807) is 0 Å². The maximum Gasteiger partial charge on any atom is 0.446 e. The summed E-state index contributed by atoms with van der Waals surface area (Å²) in [5.74, 6) is 0. The van der Waals surface area contributed by atoms with E-state index in [1.165, 1.54) is 0 Å². The lowest BCUT2D eigenvalue weighted by molar-refractivity contribution is -0.147. The van der Waals surface area contributed by atoms with Crippen molar-refractivity contribution < 1.29 is 39.5 Å². The number of halogens is 10. The van der Waals surface area contributed by atoms with Crippen molar-refractivity contribution in [3.8, 4) is 0 Å². The first kappa shape index (κ1) is 17.5. The van der Waals surface area contributed by atoms with Gasteiger partial charge in [-0.3, -0.25) is 0 Å². The van der Waals surface area contributed by atoms with Crippen LogP contribution in [-0.2, 0) is 12.4 Å². The van der Waals surface area contributed by atoms with E-state index in [9.17, 15) is 39.5 Å². The highest BCUT2D eigenvalue weighted by molar-refractivity contribution is 9.10. The third kappa shape index (κ3) is 4.47. The second-order valence-corrected chi connectivity index (χ2v) is 5.36. The predicted octanol–water partition coefficient (Wildman–Crippen LogP) is 6.10. The zero-order valence-electron chi connectivity index (χ0n) is 8.84. The molecule has 1 aromatic rings. The van der Waals surface area contributed by atoms with Crippen molar-refractivity contribution in [2.24, 2.45) is 0 Å². The van der Waals surface area contributed by atoms with Crippen LogP contribution in [0.1, 0.15) is 11.1 Å². The molecule has 20 heavy (non-hydrogen) atoms. The van der Waals surface area contributed by atoms with Crippen LogP contribution >= 0.6 is 27.7 Å². The predicted molar refractivity (Wildman–Crippen MR) is 56.1 cm³/mol. The van der Waals surface area contributed by atoms with Crippen molar-refractivity contribution in [2.75, 3.05) is 0 Å². The third-order valence-corrected chi connectivity index (χ3v) is 3.22. The molecule has 0 nitrogen and oxygen atoms in total. The first-order valence-electron chi connectivity index (χ1n) is 4.45. The molecule has 0 saturated heterocycles. The minimum atomic E-state index is -5.35. The number of hydrogen-bond acceptors (Lipinski definition) is 1. The SMILES string of the molecule is FC(F)(F)Sc1c(C(F)(F)F)cc(Br)cc1C(F)(F)F. The monoisotopic (exact) mass is 392 g/mol. The molecular weight excluding hydrogens is 391 g/mol. The fourth-order valence-corrected chi connectivity index (χ4v) is 2.50. The van der Waals surface area contributed by atoms with Crippen molar-refractivity contribution >= 4 is 27.7 Å². The Morgan fingerprint density at radius 2 is 1.10 bits per heavy atom. The first-order chi connectivity index (χ1) is 8.72. The molecule has 11 heteroatoms. The molecule has 0 aliphatic heterocycles. The van der Waals surface area contributed by atoms with Crippen molar-refractivity contribution in [2.45, 2.75) is 22.8 Å². The summed E-state index contributed by atoms with van der Waals surface area (Å²) in [7, 11) is 0. The Labute approximate surface area is 118 Å². The molecule has 0 fully saturated rings. The largest absolute Gasteiger partial charge is 0.446 e. The molecular formula is C9H2BrF9S. The number of alkyl halides is 9. The molecule has 0 aromatic heterocycles. The Balaban J connectivity index is 3.63. The van der Waals surface area contributed by atoms with E-state index in [-0.39, 0.29) is 12.1 Å². The van der Waals surface area contributed by atoms with Gasteiger partial charge in [0.15, 0.2) is 0 Å². The van der Waals surface area contributed by atoms with Gasteiger partial charge in [-0.15, -0.1) is 0 Å². The summed E-state index contributed by atoms with van der Waals surface area (Å²) in [5, 5.41) is 0. The van der Waals surface area contributed by atoms with E-state index < -0.39 is 50.1 Å². The number of rotatable bonds is 1. The number of hydrogen-bond donors (Lipinski definition) is 0. The van der Waals surface area contributed by atoms with Crippen molar-refractivity contribution in [3.63, 3.8) is 0 Å². The molecule has 1 rings (SSSR count). The summed E-state index contributed by atoms with van der Waals surface area (Å²) in [6.07, 6.45) is -10.7. The highest BCUT2D eigenvalue weighted by Gasteiger charge is 2.45. The molecule has 0 unspecified atom stereocenters. The van der Waals surface area contributed by atoms with Crippen LogP contribution in [0.3, 0.4) is 0 Å². The van der Waals surface area contributed by atoms with Gasteiger partial charge in [-0.2, -0.15) is 39.5 Å². The van der Waals surface area contributed by atoms with Gasteiger partial charge in [-0.25, -0.2) is 0 Å². The van der Waals surface area contributed by atoms with Gasteiger partial charge in [0, 0.05) is 9.37 Å². The molecule has 0 amide bonds. The highest BCUT2D eigenvalue weighted by Crippen LogP contribution is 2.49. The Morgan fingerprint density at radius 1 is 0.750 bits per heavy atom. The van der Waals surface area contributed by atoms with Crippen LogP contribution in [0.4, 0.5) is 39.5 Å². The summed E-state index contributed by atoms with van der Waals surface area (Å²) in [6.45, 7) is 0. The van der Waals surface area contributed by atoms with Crippen LogP contribution in [0.2, 0.25) is 0 Å². The van der Waals surface area contributed by atoms with E-state index in [4.69, 9.17) is 0 Å². The number of thioether (sulfide) groups is 1. The Kier molecular flexibility index (Phi) is 4.65. The second kappa shape index (κ2) is 5.32. The maximum absolute atomic E-state index is 12.6. The molecule has 0 aliphatic carbocycles. The second-order valence-electron chi connectivity index (χ2n) is 3.37. The van der Waals surface area contributed by atoms with Crippen LogP contribution in [0.15, 0.2) is 21.5 Å². The zero-order chi connectivity index (χ0) is 15.9. The van der Waals surface area contributed by atoms with Crippen LogP contribution in [0.25, 0.3) is 0 Å². The van der Waals surface area contributed by atoms with E-state index in [2.05, 4.69) is 15.9 Å². The summed E-state index contributed by atoms with van der Waals surface area (Å²) < 4.78 is 112. The molecule has 0 saturated carbocycles. The van der Waals surface area contributed by atoms with Gasteiger partial charge in [-0.05, 0) is 23.9 Å². The van der Waals surface area contributed by atoms with Crippen LogP contribution in [0, 0.1) is 0 Å². The highest BCUT2D eigenvalue weighted by atomic mass is 79.9. The van der Waals surface area contributed by atoms with E-state index in [1.807, 2.05) is 0 Å². The zero-order valence-corrected chi connectivity index (χ0v) is 11.2. The molecule has 0 heterocycles. The van der Waals surface area contributed by atoms with Gasteiger partial charge >= 0.3 is 17.9 Å². The third-order valence-electron chi connectivity index (χ3n) is 1.88. The van der Waals surface area contributed by atoms with E-state index in [0.717, 1.165) is 0 Å². The minimum Gasteiger partial charge on any atom is -0.166 e. The van der Waals surface area contributed by atoms with Gasteiger partial charge in [0.1, 0.15) is 0 Å². The molecule has 0 radical (unpaired) electrons. The molecule has 0 bridgehead atoms. The fraction of sp³-hybridized carbons (Fsp3) is 0.333. The van der Waals surface area contributed by atoms with Crippen molar-refractivity contribution in [3.05, 3.63) is 27.7 Å². The maximum atomic E-state index is 12.6. The first-order valence-corrected chi connectivity index (χ1v) is 6.06. The smallest absolute Gasteiger partial charge is 0.166 e. The Morgan fingerprint density at radius 3 is 1.35 bits per heavy atom. The number of benzene rings is 1.